The molecule has 0 spiro atoms. The highest BCUT2D eigenvalue weighted by Gasteiger charge is 2.09. The van der Waals surface area contributed by atoms with Gasteiger partial charge in [-0.2, -0.15) is 0 Å². The third-order valence-corrected chi connectivity index (χ3v) is 1.86. The van der Waals surface area contributed by atoms with Crippen LogP contribution in [0.2, 0.25) is 0 Å². The average molecular weight is 285 g/mol. The fourth-order valence-corrected chi connectivity index (χ4v) is 1.09. The molecule has 0 amide bonds. The quantitative estimate of drug-likeness (QED) is 0.781. The number of pyridine rings is 1. The molecule has 0 N–H and O–H groups in total. The highest BCUT2D eigenvalue weighted by Crippen LogP contribution is 2.12. The molecule has 0 aliphatic carbocycles. The molecule has 1 heterocycles. The summed E-state index contributed by atoms with van der Waals surface area (Å²) in [5, 5.41) is 0. The molecule has 0 atom stereocenters. The van der Waals surface area contributed by atoms with Crippen LogP contribution in [0, 0.1) is 5.82 Å². The third kappa shape index (κ3) is 3.59. The van der Waals surface area contributed by atoms with E-state index >= 15 is 0 Å². The van der Waals surface area contributed by atoms with E-state index in [1.807, 2.05) is 0 Å². The van der Waals surface area contributed by atoms with Gasteiger partial charge in [-0.3, -0.25) is 9.78 Å². The Morgan fingerprint density at radius 3 is 2.86 bits per heavy atom. The number of methoxy groups -OCH3 is 1. The maximum atomic E-state index is 13.0. The maximum Gasteiger partial charge on any atom is 0.311 e. The van der Waals surface area contributed by atoms with Crippen LogP contribution in [-0.4, -0.2) is 18.1 Å². The van der Waals surface area contributed by atoms with Gasteiger partial charge in [-0.25, -0.2) is 4.39 Å². The summed E-state index contributed by atoms with van der Waals surface area (Å²) < 4.78 is 18.0. The number of carbonyl (C=O) groups excluding carboxylic acids is 1. The molecule has 1 rings (SSSR count). The minimum Gasteiger partial charge on any atom is -0.469 e. The Morgan fingerprint density at radius 1 is 1.71 bits per heavy atom. The summed E-state index contributed by atoms with van der Waals surface area (Å²) in [6, 6.07) is 1.26. The van der Waals surface area contributed by atoms with Crippen molar-refractivity contribution in [3.8, 4) is 0 Å². The van der Waals surface area contributed by atoms with Crippen molar-refractivity contribution in [3.63, 3.8) is 0 Å². The number of rotatable bonds is 2. The van der Waals surface area contributed by atoms with Gasteiger partial charge in [0.2, 0.25) is 0 Å². The molecule has 0 bridgehead atoms. The molecule has 0 aliphatic heterocycles. The third-order valence-electron chi connectivity index (χ3n) is 1.42. The van der Waals surface area contributed by atoms with Gasteiger partial charge in [0, 0.05) is 10.7 Å². The predicted octanol–water partition coefficient (Wildman–Crippen LogP) is 2.12. The molecular weight excluding hydrogens is 276 g/mol. The van der Waals surface area contributed by atoms with Crippen LogP contribution in [-0.2, 0) is 16.0 Å². The Morgan fingerprint density at radius 2 is 2.36 bits per heavy atom. The summed E-state index contributed by atoms with van der Waals surface area (Å²) in [7, 11) is 1.25. The van der Waals surface area contributed by atoms with E-state index in [0.29, 0.717) is 4.47 Å². The number of hydrogen-bond acceptors (Lipinski definition) is 3. The Hall–Kier alpha value is -0.680. The Labute approximate surface area is 95.2 Å². The lowest BCUT2D eigenvalue weighted by atomic mass is 10.2. The molecule has 6 heteroatoms. The molecule has 78 valence electrons. The number of ether oxygens (including phenoxy) is 1. The lowest BCUT2D eigenvalue weighted by Gasteiger charge is -2.00. The zero-order valence-electron chi connectivity index (χ0n) is 7.29. The first-order valence-corrected chi connectivity index (χ1v) is 4.29. The number of nitrogens with zero attached hydrogens (tertiary/aromatic N) is 1. The van der Waals surface area contributed by atoms with Crippen LogP contribution >= 0.6 is 28.3 Å². The second kappa shape index (κ2) is 5.93. The number of halogens is 3. The maximum absolute atomic E-state index is 13.0. The fraction of sp³-hybridized carbons (Fsp3) is 0.250. The Balaban J connectivity index is 0.00000169. The minimum absolute atomic E-state index is 0. The van der Waals surface area contributed by atoms with E-state index in [9.17, 15) is 9.18 Å². The van der Waals surface area contributed by atoms with Gasteiger partial charge in [-0.15, -0.1) is 12.4 Å². The number of aromatic nitrogens is 1. The monoisotopic (exact) mass is 283 g/mol. The van der Waals surface area contributed by atoms with Gasteiger partial charge in [-0.1, -0.05) is 0 Å². The van der Waals surface area contributed by atoms with Gasteiger partial charge in [-0.05, 0) is 22.0 Å². The van der Waals surface area contributed by atoms with Gasteiger partial charge >= 0.3 is 5.97 Å². The van der Waals surface area contributed by atoms with Crippen LogP contribution in [0.1, 0.15) is 5.69 Å². The van der Waals surface area contributed by atoms with E-state index in [4.69, 9.17) is 0 Å². The second-order valence-corrected chi connectivity index (χ2v) is 3.25. The van der Waals surface area contributed by atoms with Gasteiger partial charge in [0.25, 0.3) is 0 Å². The molecule has 1 aromatic rings. The predicted molar refractivity (Wildman–Crippen MR) is 54.9 cm³/mol. The van der Waals surface area contributed by atoms with Crippen LogP contribution in [0.15, 0.2) is 16.7 Å². The molecular formula is C8H8BrClFNO2. The van der Waals surface area contributed by atoms with Crippen molar-refractivity contribution in [2.75, 3.05) is 7.11 Å². The highest BCUT2D eigenvalue weighted by molar-refractivity contribution is 9.10. The van der Waals surface area contributed by atoms with Crippen molar-refractivity contribution >= 4 is 34.3 Å². The summed E-state index contributed by atoms with van der Waals surface area (Å²) in [5.74, 6) is -1.02. The van der Waals surface area contributed by atoms with Gasteiger partial charge in [0.15, 0.2) is 0 Å². The van der Waals surface area contributed by atoms with Crippen molar-refractivity contribution in [2.24, 2.45) is 0 Å². The molecule has 0 fully saturated rings. The highest BCUT2D eigenvalue weighted by atomic mass is 79.9. The van der Waals surface area contributed by atoms with Gasteiger partial charge in [0.1, 0.15) is 5.82 Å². The fourth-order valence-electron chi connectivity index (χ4n) is 0.782. The molecule has 14 heavy (non-hydrogen) atoms. The van der Waals surface area contributed by atoms with Crippen LogP contribution in [0.3, 0.4) is 0 Å². The lowest BCUT2D eigenvalue weighted by molar-refractivity contribution is -0.139. The molecule has 0 aliphatic rings. The summed E-state index contributed by atoms with van der Waals surface area (Å²) in [5.41, 5.74) is 0.0926. The van der Waals surface area contributed by atoms with Gasteiger partial charge < -0.3 is 4.74 Å². The van der Waals surface area contributed by atoms with Crippen LogP contribution in [0.5, 0.6) is 0 Å². The zero-order valence-corrected chi connectivity index (χ0v) is 9.69. The van der Waals surface area contributed by atoms with Crippen molar-refractivity contribution in [3.05, 3.63) is 28.2 Å². The molecule has 3 nitrogen and oxygen atoms in total. The summed E-state index contributed by atoms with van der Waals surface area (Å²) in [6.45, 7) is 0. The van der Waals surface area contributed by atoms with E-state index in [-0.39, 0.29) is 24.5 Å². The van der Waals surface area contributed by atoms with Crippen LogP contribution in [0.25, 0.3) is 0 Å². The number of carbonyl (C=O) groups is 1. The van der Waals surface area contributed by atoms with Crippen molar-refractivity contribution in [2.45, 2.75) is 6.42 Å². The van der Waals surface area contributed by atoms with Crippen LogP contribution in [0.4, 0.5) is 4.39 Å². The summed E-state index contributed by atoms with van der Waals surface area (Å²) >= 11 is 3.06. The van der Waals surface area contributed by atoms with E-state index in [1.165, 1.54) is 19.4 Å². The van der Waals surface area contributed by atoms with Gasteiger partial charge in [0.05, 0.1) is 19.2 Å². The Kier molecular flexibility index (Phi) is 5.64. The van der Waals surface area contributed by atoms with E-state index < -0.39 is 11.8 Å². The van der Waals surface area contributed by atoms with Crippen molar-refractivity contribution in [1.82, 2.24) is 4.98 Å². The second-order valence-electron chi connectivity index (χ2n) is 2.33. The molecule has 0 saturated heterocycles. The average Bonchev–Trinajstić information content (AvgIpc) is 2.09. The van der Waals surface area contributed by atoms with Crippen LogP contribution < -0.4 is 0 Å². The largest absolute Gasteiger partial charge is 0.469 e. The first-order chi connectivity index (χ1) is 6.13. The smallest absolute Gasteiger partial charge is 0.311 e. The van der Waals surface area contributed by atoms with E-state index in [1.54, 1.807) is 0 Å². The lowest BCUT2D eigenvalue weighted by Crippen LogP contribution is -2.07. The first kappa shape index (κ1) is 13.3. The number of hydrogen-bond donors (Lipinski definition) is 0. The van der Waals surface area contributed by atoms with Crippen molar-refractivity contribution in [1.29, 1.82) is 0 Å². The molecule has 0 unspecified atom stereocenters. The minimum atomic E-state index is -0.514. The SMILES string of the molecule is COC(=O)Cc1ncc(Br)cc1F.Cl. The zero-order chi connectivity index (χ0) is 9.84. The summed E-state index contributed by atoms with van der Waals surface area (Å²) in [6.07, 6.45) is 1.29. The molecule has 0 saturated carbocycles. The normalized spacial score (nSPS) is 9.07. The van der Waals surface area contributed by atoms with E-state index in [2.05, 4.69) is 25.7 Å². The standard InChI is InChI=1S/C8H7BrFNO2.ClH/c1-13-8(12)3-7-6(10)2-5(9)4-11-7;/h2,4H,3H2,1H3;1H. The number of esters is 1. The molecule has 0 aromatic carbocycles. The topological polar surface area (TPSA) is 39.2 Å². The first-order valence-electron chi connectivity index (χ1n) is 3.50. The molecule has 0 radical (unpaired) electrons. The summed E-state index contributed by atoms with van der Waals surface area (Å²) in [4.78, 5) is 14.5. The van der Waals surface area contributed by atoms with E-state index in [0.717, 1.165) is 0 Å². The molecule has 1 aromatic heterocycles. The van der Waals surface area contributed by atoms with Crippen molar-refractivity contribution < 1.29 is 13.9 Å². The Bertz CT molecular complexity index is 335.